The lowest BCUT2D eigenvalue weighted by Gasteiger charge is -2.41. The molecule has 2 aliphatic rings. The van der Waals surface area contributed by atoms with Crippen LogP contribution < -0.4 is 10.1 Å². The van der Waals surface area contributed by atoms with E-state index in [1.807, 2.05) is 0 Å². The molecule has 3 rings (SSSR count). The van der Waals surface area contributed by atoms with Gasteiger partial charge in [-0.2, -0.15) is 0 Å². The maximum absolute atomic E-state index is 13.6. The monoisotopic (exact) mass is 233 g/mol. The highest BCUT2D eigenvalue weighted by atomic mass is 19.1. The molecule has 2 nitrogen and oxygen atoms in total. The Labute approximate surface area is 100 Å². The van der Waals surface area contributed by atoms with Crippen LogP contribution in [0.5, 0.6) is 5.75 Å². The van der Waals surface area contributed by atoms with Crippen LogP contribution in [0.3, 0.4) is 0 Å². The molecule has 2 aliphatic carbocycles. The summed E-state index contributed by atoms with van der Waals surface area (Å²) in [6, 6.07) is 5.18. The van der Waals surface area contributed by atoms with Crippen LogP contribution in [-0.2, 0) is 0 Å². The van der Waals surface area contributed by atoms with Gasteiger partial charge in [0.25, 0.3) is 0 Å². The molecule has 0 saturated heterocycles. The van der Waals surface area contributed by atoms with E-state index in [-0.39, 0.29) is 5.82 Å². The molecule has 0 spiro atoms. The molecule has 17 heavy (non-hydrogen) atoms. The molecule has 0 amide bonds. The van der Waals surface area contributed by atoms with Gasteiger partial charge in [-0.3, -0.25) is 0 Å². The summed E-state index contributed by atoms with van der Waals surface area (Å²) in [5.74, 6) is 1.84. The Morgan fingerprint density at radius 1 is 1.41 bits per heavy atom. The van der Waals surface area contributed by atoms with E-state index in [0.717, 1.165) is 12.3 Å². The first-order valence-electron chi connectivity index (χ1n) is 6.04. The molecule has 1 fully saturated rings. The summed E-state index contributed by atoms with van der Waals surface area (Å²) in [6.45, 7) is 0. The second-order valence-electron chi connectivity index (χ2n) is 4.83. The van der Waals surface area contributed by atoms with Gasteiger partial charge in [-0.15, -0.1) is 0 Å². The first-order chi connectivity index (χ1) is 8.28. The second-order valence-corrected chi connectivity index (χ2v) is 4.83. The summed E-state index contributed by atoms with van der Waals surface area (Å²) in [7, 11) is 1.59. The third-order valence-corrected chi connectivity index (χ3v) is 3.88. The minimum absolute atomic E-state index is 0.212. The van der Waals surface area contributed by atoms with E-state index >= 15 is 0 Å². The Morgan fingerprint density at radius 2 is 2.29 bits per heavy atom. The van der Waals surface area contributed by atoms with Crippen molar-refractivity contribution >= 4 is 5.69 Å². The van der Waals surface area contributed by atoms with Crippen molar-refractivity contribution < 1.29 is 9.13 Å². The molecule has 1 saturated carbocycles. The number of hydrogen-bond donors (Lipinski definition) is 1. The normalized spacial score (nSPS) is 29.6. The number of methoxy groups -OCH3 is 1. The van der Waals surface area contributed by atoms with E-state index in [1.165, 1.54) is 12.5 Å². The van der Waals surface area contributed by atoms with Crippen molar-refractivity contribution in [2.75, 3.05) is 12.4 Å². The number of rotatable bonds is 3. The standard InChI is InChI=1S/C14H16FNO/c1-17-10-5-6-12(15)14(8-10)16-13-7-9-3-2-4-11(9)13/h2,4-6,8-9,11,13,16H,3,7H2,1H3. The van der Waals surface area contributed by atoms with Crippen molar-refractivity contribution in [3.8, 4) is 5.75 Å². The van der Waals surface area contributed by atoms with Gasteiger partial charge in [-0.1, -0.05) is 12.2 Å². The first kappa shape index (κ1) is 10.6. The quantitative estimate of drug-likeness (QED) is 0.809. The largest absolute Gasteiger partial charge is 0.497 e. The lowest BCUT2D eigenvalue weighted by Crippen LogP contribution is -2.43. The SMILES string of the molecule is COc1ccc(F)c(NC2CC3CC=CC32)c1. The number of halogens is 1. The summed E-state index contributed by atoms with van der Waals surface area (Å²) < 4.78 is 18.7. The van der Waals surface area contributed by atoms with E-state index < -0.39 is 0 Å². The number of hydrogen-bond acceptors (Lipinski definition) is 2. The maximum Gasteiger partial charge on any atom is 0.146 e. The molecular weight excluding hydrogens is 217 g/mol. The Hall–Kier alpha value is -1.51. The molecule has 0 aliphatic heterocycles. The van der Waals surface area contributed by atoms with Crippen molar-refractivity contribution in [3.63, 3.8) is 0 Å². The highest BCUT2D eigenvalue weighted by Gasteiger charge is 2.41. The number of allylic oxidation sites excluding steroid dienone is 1. The molecule has 3 atom stereocenters. The molecule has 1 N–H and O–H groups in total. The summed E-state index contributed by atoms with van der Waals surface area (Å²) in [5.41, 5.74) is 0.549. The zero-order valence-electron chi connectivity index (χ0n) is 9.82. The zero-order valence-corrected chi connectivity index (χ0v) is 9.82. The van der Waals surface area contributed by atoms with Crippen molar-refractivity contribution in [2.24, 2.45) is 11.8 Å². The van der Waals surface area contributed by atoms with Crippen molar-refractivity contribution in [2.45, 2.75) is 18.9 Å². The van der Waals surface area contributed by atoms with Gasteiger partial charge in [0.15, 0.2) is 0 Å². The van der Waals surface area contributed by atoms with Crippen LogP contribution in [0, 0.1) is 17.7 Å². The highest BCUT2D eigenvalue weighted by Crippen LogP contribution is 2.44. The van der Waals surface area contributed by atoms with Gasteiger partial charge >= 0.3 is 0 Å². The van der Waals surface area contributed by atoms with Crippen LogP contribution in [0.15, 0.2) is 30.4 Å². The molecule has 3 heteroatoms. The minimum Gasteiger partial charge on any atom is -0.497 e. The van der Waals surface area contributed by atoms with E-state index in [0.29, 0.717) is 23.4 Å². The lowest BCUT2D eigenvalue weighted by molar-refractivity contribution is 0.217. The number of fused-ring (bicyclic) bond motifs is 1. The number of anilines is 1. The predicted molar refractivity (Wildman–Crippen MR) is 65.7 cm³/mol. The second kappa shape index (κ2) is 4.06. The van der Waals surface area contributed by atoms with Gasteiger partial charge in [0.05, 0.1) is 12.8 Å². The van der Waals surface area contributed by atoms with Gasteiger partial charge in [-0.05, 0) is 30.9 Å². The molecule has 0 heterocycles. The average molecular weight is 233 g/mol. The third-order valence-electron chi connectivity index (χ3n) is 3.88. The average Bonchev–Trinajstić information content (AvgIpc) is 2.69. The van der Waals surface area contributed by atoms with E-state index in [4.69, 9.17) is 4.74 Å². The number of benzene rings is 1. The zero-order chi connectivity index (χ0) is 11.8. The molecule has 0 aromatic heterocycles. The van der Waals surface area contributed by atoms with Crippen molar-refractivity contribution in [1.29, 1.82) is 0 Å². The lowest BCUT2D eigenvalue weighted by atomic mass is 9.71. The van der Waals surface area contributed by atoms with Gasteiger partial charge < -0.3 is 10.1 Å². The molecule has 90 valence electrons. The van der Waals surface area contributed by atoms with E-state index in [9.17, 15) is 4.39 Å². The van der Waals surface area contributed by atoms with Crippen LogP contribution in [0.2, 0.25) is 0 Å². The summed E-state index contributed by atoms with van der Waals surface area (Å²) in [4.78, 5) is 0. The van der Waals surface area contributed by atoms with Gasteiger partial charge in [0.2, 0.25) is 0 Å². The van der Waals surface area contributed by atoms with E-state index in [2.05, 4.69) is 17.5 Å². The maximum atomic E-state index is 13.6. The van der Waals surface area contributed by atoms with Gasteiger partial charge in [0.1, 0.15) is 11.6 Å². The summed E-state index contributed by atoms with van der Waals surface area (Å²) in [6.07, 6.45) is 6.81. The van der Waals surface area contributed by atoms with Crippen LogP contribution in [0.4, 0.5) is 10.1 Å². The summed E-state index contributed by atoms with van der Waals surface area (Å²) in [5, 5.41) is 3.29. The molecular formula is C14H16FNO. The van der Waals surface area contributed by atoms with Crippen molar-refractivity contribution in [1.82, 2.24) is 0 Å². The topological polar surface area (TPSA) is 21.3 Å². The van der Waals surface area contributed by atoms with Gasteiger partial charge in [0, 0.05) is 18.0 Å². The molecule has 1 aromatic rings. The fourth-order valence-corrected chi connectivity index (χ4v) is 2.83. The Kier molecular flexibility index (Phi) is 2.54. The Bertz CT molecular complexity index is 458. The predicted octanol–water partition coefficient (Wildman–Crippen LogP) is 3.21. The Morgan fingerprint density at radius 3 is 3.06 bits per heavy atom. The fraction of sp³-hybridized carbons (Fsp3) is 0.429. The highest BCUT2D eigenvalue weighted by molar-refractivity contribution is 5.51. The van der Waals surface area contributed by atoms with Gasteiger partial charge in [-0.25, -0.2) is 4.39 Å². The fourth-order valence-electron chi connectivity index (χ4n) is 2.83. The van der Waals surface area contributed by atoms with Crippen LogP contribution in [0.1, 0.15) is 12.8 Å². The first-order valence-corrected chi connectivity index (χ1v) is 6.04. The molecule has 3 unspecified atom stereocenters. The number of ether oxygens (including phenoxy) is 1. The van der Waals surface area contributed by atoms with Crippen LogP contribution in [-0.4, -0.2) is 13.2 Å². The molecule has 0 radical (unpaired) electrons. The van der Waals surface area contributed by atoms with Crippen LogP contribution >= 0.6 is 0 Å². The van der Waals surface area contributed by atoms with E-state index in [1.54, 1.807) is 19.2 Å². The molecule has 1 aromatic carbocycles. The summed E-state index contributed by atoms with van der Waals surface area (Å²) >= 11 is 0. The van der Waals surface area contributed by atoms with Crippen LogP contribution in [0.25, 0.3) is 0 Å². The third kappa shape index (κ3) is 1.79. The van der Waals surface area contributed by atoms with Crippen molar-refractivity contribution in [3.05, 3.63) is 36.2 Å². The molecule has 0 bridgehead atoms. The minimum atomic E-state index is -0.212. The number of nitrogens with one attached hydrogen (secondary N) is 1. The smallest absolute Gasteiger partial charge is 0.146 e. The Balaban J connectivity index is 1.74.